The molecule has 12 heavy (non-hydrogen) atoms. The van der Waals surface area contributed by atoms with E-state index in [-0.39, 0.29) is 0 Å². The number of alkyl halides is 6. The predicted octanol–water partition coefficient (Wildman–Crippen LogP) is 1.44. The van der Waals surface area contributed by atoms with Crippen molar-refractivity contribution in [3.05, 3.63) is 0 Å². The smallest absolute Gasteiger partial charge is 0.335 e. The third-order valence-corrected chi connectivity index (χ3v) is 0.745. The van der Waals surface area contributed by atoms with Crippen LogP contribution in [0.4, 0.5) is 26.3 Å². The van der Waals surface area contributed by atoms with Crippen LogP contribution in [-0.4, -0.2) is 30.4 Å². The van der Waals surface area contributed by atoms with Crippen molar-refractivity contribution in [2.24, 2.45) is 0 Å². The fourth-order valence-electron chi connectivity index (χ4n) is 0.261. The zero-order valence-electron chi connectivity index (χ0n) is 5.36. The van der Waals surface area contributed by atoms with Crippen LogP contribution in [0.2, 0.25) is 0 Å². The molecule has 0 radical (unpaired) electrons. The van der Waals surface area contributed by atoms with Gasteiger partial charge in [-0.05, 0) is 0 Å². The second-order valence-corrected chi connectivity index (χ2v) is 1.71. The largest absolute Gasteiger partial charge is 0.383 e. The van der Waals surface area contributed by atoms with E-state index in [9.17, 15) is 26.3 Å². The van der Waals surface area contributed by atoms with Gasteiger partial charge < -0.3 is 5.11 Å². The molecule has 2 atom stereocenters. The molecular formula is C4H4F6O2. The highest BCUT2D eigenvalue weighted by Gasteiger charge is 2.44. The second kappa shape index (κ2) is 3.94. The molecule has 0 spiro atoms. The molecule has 0 aliphatic heterocycles. The fraction of sp³-hybridized carbons (Fsp3) is 1.00. The molecule has 2 nitrogen and oxygen atoms in total. The third-order valence-electron chi connectivity index (χ3n) is 0.745. The lowest BCUT2D eigenvalue weighted by Gasteiger charge is -2.19. The van der Waals surface area contributed by atoms with Gasteiger partial charge in [-0.1, -0.05) is 0 Å². The van der Waals surface area contributed by atoms with Gasteiger partial charge in [0, 0.05) is 0 Å². The third kappa shape index (κ3) is 3.26. The van der Waals surface area contributed by atoms with Crippen molar-refractivity contribution >= 4 is 0 Å². The molecule has 0 aromatic rings. The summed E-state index contributed by atoms with van der Waals surface area (Å²) >= 11 is 0. The molecule has 0 amide bonds. The molecule has 0 heterocycles. The van der Waals surface area contributed by atoms with Crippen LogP contribution >= 0.6 is 0 Å². The minimum absolute atomic E-state index is 2.68. The van der Waals surface area contributed by atoms with E-state index in [1.807, 2.05) is 0 Å². The first-order chi connectivity index (χ1) is 5.27. The zero-order valence-corrected chi connectivity index (χ0v) is 5.36. The summed E-state index contributed by atoms with van der Waals surface area (Å²) < 4.78 is 71.1. The van der Waals surface area contributed by atoms with Gasteiger partial charge in [-0.25, -0.2) is 22.0 Å². The molecule has 0 aromatic heterocycles. The van der Waals surface area contributed by atoms with Gasteiger partial charge in [0.2, 0.25) is 0 Å². The Morgan fingerprint density at radius 3 is 1.75 bits per heavy atom. The molecule has 0 aliphatic carbocycles. The van der Waals surface area contributed by atoms with E-state index in [0.717, 1.165) is 0 Å². The Morgan fingerprint density at radius 2 is 1.50 bits per heavy atom. The first-order valence-electron chi connectivity index (χ1n) is 2.57. The molecule has 0 rings (SSSR count). The number of aliphatic hydroxyl groups is 1. The fourth-order valence-corrected chi connectivity index (χ4v) is 0.261. The van der Waals surface area contributed by atoms with Crippen LogP contribution in [0.3, 0.4) is 0 Å². The van der Waals surface area contributed by atoms with E-state index in [1.54, 1.807) is 0 Å². The van der Waals surface area contributed by atoms with Crippen molar-refractivity contribution < 1.29 is 36.2 Å². The van der Waals surface area contributed by atoms with Gasteiger partial charge in [0.1, 0.15) is 0 Å². The number of rotatable bonds is 4. The van der Waals surface area contributed by atoms with Crippen molar-refractivity contribution in [2.45, 2.75) is 25.2 Å². The van der Waals surface area contributed by atoms with E-state index in [1.165, 1.54) is 0 Å². The summed E-state index contributed by atoms with van der Waals surface area (Å²) in [5.41, 5.74) is 0. The average molecular weight is 198 g/mol. The SMILES string of the molecule is OC(F)(OC(F)C(F)F)C(F)F. The van der Waals surface area contributed by atoms with Gasteiger partial charge >= 0.3 is 12.5 Å². The molecule has 2 unspecified atom stereocenters. The Bertz CT molecular complexity index is 138. The Kier molecular flexibility index (Phi) is 3.78. The number of hydrogen-bond acceptors (Lipinski definition) is 2. The van der Waals surface area contributed by atoms with Crippen LogP contribution in [0.15, 0.2) is 0 Å². The van der Waals surface area contributed by atoms with Crippen LogP contribution in [0, 0.1) is 0 Å². The molecule has 0 saturated heterocycles. The molecule has 8 heteroatoms. The number of hydrogen-bond donors (Lipinski definition) is 1. The van der Waals surface area contributed by atoms with Crippen molar-refractivity contribution in [2.75, 3.05) is 0 Å². The summed E-state index contributed by atoms with van der Waals surface area (Å²) in [6.07, 6.45) is -11.5. The van der Waals surface area contributed by atoms with E-state index in [2.05, 4.69) is 4.74 Å². The molecule has 0 aromatic carbocycles. The monoisotopic (exact) mass is 198 g/mol. The molecule has 74 valence electrons. The highest BCUT2D eigenvalue weighted by molar-refractivity contribution is 4.57. The standard InChI is InChI=1S/C4H4F6O2/c5-1(6)2(7)12-4(10,11)3(8)9/h1-3,11H. The maximum atomic E-state index is 11.8. The van der Waals surface area contributed by atoms with Crippen molar-refractivity contribution in [1.29, 1.82) is 0 Å². The van der Waals surface area contributed by atoms with Gasteiger partial charge in [-0.3, -0.25) is 4.74 Å². The predicted molar refractivity (Wildman–Crippen MR) is 24.0 cm³/mol. The summed E-state index contributed by atoms with van der Waals surface area (Å²) in [7, 11) is 0. The first-order valence-corrected chi connectivity index (χ1v) is 2.57. The Labute approximate surface area is 62.7 Å². The Balaban J connectivity index is 4.05. The topological polar surface area (TPSA) is 29.5 Å². The second-order valence-electron chi connectivity index (χ2n) is 1.71. The minimum atomic E-state index is -4.68. The first kappa shape index (κ1) is 11.5. The van der Waals surface area contributed by atoms with Gasteiger partial charge in [-0.2, -0.15) is 4.39 Å². The van der Waals surface area contributed by atoms with Gasteiger partial charge in [0.05, 0.1) is 0 Å². The van der Waals surface area contributed by atoms with Crippen LogP contribution in [0.25, 0.3) is 0 Å². The zero-order chi connectivity index (χ0) is 9.94. The lowest BCUT2D eigenvalue weighted by Crippen LogP contribution is -2.39. The molecule has 0 saturated carbocycles. The van der Waals surface area contributed by atoms with Crippen LogP contribution in [0.5, 0.6) is 0 Å². The summed E-state index contributed by atoms with van der Waals surface area (Å²) in [6, 6.07) is -4.68. The molecule has 1 N–H and O–H groups in total. The minimum Gasteiger partial charge on any atom is -0.335 e. The molecule has 0 fully saturated rings. The van der Waals surface area contributed by atoms with Crippen molar-refractivity contribution in [3.8, 4) is 0 Å². The van der Waals surface area contributed by atoms with E-state index in [0.29, 0.717) is 0 Å². The molecule has 0 aliphatic rings. The van der Waals surface area contributed by atoms with Crippen molar-refractivity contribution in [3.63, 3.8) is 0 Å². The highest BCUT2D eigenvalue weighted by Crippen LogP contribution is 2.23. The Morgan fingerprint density at radius 1 is 1.08 bits per heavy atom. The lowest BCUT2D eigenvalue weighted by atomic mass is 10.6. The van der Waals surface area contributed by atoms with Crippen molar-refractivity contribution in [1.82, 2.24) is 0 Å². The summed E-state index contributed by atoms with van der Waals surface area (Å²) in [5, 5.41) is 7.80. The molecular weight excluding hydrogens is 194 g/mol. The summed E-state index contributed by atoms with van der Waals surface area (Å²) in [6.45, 7) is 0. The normalized spacial score (nSPS) is 19.8. The van der Waals surface area contributed by atoms with Crippen LogP contribution in [-0.2, 0) is 4.74 Å². The Hall–Kier alpha value is -0.500. The van der Waals surface area contributed by atoms with E-state index in [4.69, 9.17) is 5.11 Å². The van der Waals surface area contributed by atoms with Crippen LogP contribution < -0.4 is 0 Å². The van der Waals surface area contributed by atoms with E-state index < -0.39 is 25.2 Å². The van der Waals surface area contributed by atoms with Gasteiger partial charge in [0.15, 0.2) is 0 Å². The quantitative estimate of drug-likeness (QED) is 0.547. The van der Waals surface area contributed by atoms with Crippen LogP contribution in [0.1, 0.15) is 0 Å². The number of halogens is 6. The highest BCUT2D eigenvalue weighted by atomic mass is 19.3. The number of ether oxygens (including phenoxy) is 1. The van der Waals surface area contributed by atoms with Gasteiger partial charge in [0.25, 0.3) is 12.8 Å². The summed E-state index contributed by atoms with van der Waals surface area (Å²) in [4.78, 5) is 0. The average Bonchev–Trinajstić information content (AvgIpc) is 1.85. The van der Waals surface area contributed by atoms with E-state index >= 15 is 0 Å². The molecule has 0 bridgehead atoms. The van der Waals surface area contributed by atoms with Gasteiger partial charge in [-0.15, -0.1) is 0 Å². The summed E-state index contributed by atoms with van der Waals surface area (Å²) in [5.74, 6) is 0. The maximum absolute atomic E-state index is 11.8. The lowest BCUT2D eigenvalue weighted by molar-refractivity contribution is -0.386. The maximum Gasteiger partial charge on any atom is 0.383 e.